The lowest BCUT2D eigenvalue weighted by molar-refractivity contribution is 0.0595. The number of rotatable bonds is 2. The summed E-state index contributed by atoms with van der Waals surface area (Å²) >= 11 is 0. The first-order valence-corrected chi connectivity index (χ1v) is 7.41. The van der Waals surface area contributed by atoms with Crippen LogP contribution in [0.2, 0.25) is 0 Å². The Hall–Kier alpha value is -1.84. The Morgan fingerprint density at radius 2 is 1.81 bits per heavy atom. The van der Waals surface area contributed by atoms with E-state index in [1.165, 1.54) is 11.1 Å². The molecule has 1 aromatic heterocycles. The minimum Gasteiger partial charge on any atom is -0.443 e. The fourth-order valence-corrected chi connectivity index (χ4v) is 1.29. The lowest BCUT2D eigenvalue weighted by Gasteiger charge is -2.25. The van der Waals surface area contributed by atoms with Gasteiger partial charge >= 0.3 is 6.09 Å². The van der Waals surface area contributed by atoms with E-state index in [0.29, 0.717) is 5.82 Å². The van der Waals surface area contributed by atoms with Gasteiger partial charge < -0.3 is 4.74 Å². The Labute approximate surface area is 129 Å². The summed E-state index contributed by atoms with van der Waals surface area (Å²) in [5.74, 6) is 0.539. The number of pyridine rings is 1. The second-order valence-electron chi connectivity index (χ2n) is 4.68. The molecule has 0 aliphatic rings. The smallest absolute Gasteiger partial charge is 0.420 e. The van der Waals surface area contributed by atoms with Crippen LogP contribution in [0.1, 0.15) is 54.0 Å². The molecule has 1 rings (SSSR count). The van der Waals surface area contributed by atoms with Crippen LogP contribution in [0.5, 0.6) is 0 Å². The zero-order valence-corrected chi connectivity index (χ0v) is 14.7. The zero-order chi connectivity index (χ0) is 17.1. The molecule has 0 aliphatic carbocycles. The van der Waals surface area contributed by atoms with Crippen molar-refractivity contribution in [3.63, 3.8) is 0 Å². The molecule has 0 N–H and O–H groups in total. The van der Waals surface area contributed by atoms with Crippen molar-refractivity contribution in [2.24, 2.45) is 0 Å². The number of hydrogen-bond donors (Lipinski definition) is 0. The highest BCUT2D eigenvalue weighted by Crippen LogP contribution is 2.19. The van der Waals surface area contributed by atoms with Gasteiger partial charge in [-0.1, -0.05) is 40.3 Å². The lowest BCUT2D eigenvalue weighted by Crippen LogP contribution is -2.34. The standard InChI is InChI=1S/C13H18N2O2.2C2H6/c1-6-15(12(16)17-13(3,4)5)11-10(2)8-7-9-14-11;2*1-2/h6-9H,1H2,2-5H3;2*1-2H3. The average molecular weight is 294 g/mol. The van der Waals surface area contributed by atoms with E-state index in [-0.39, 0.29) is 0 Å². The summed E-state index contributed by atoms with van der Waals surface area (Å²) < 4.78 is 5.28. The molecule has 0 radical (unpaired) electrons. The van der Waals surface area contributed by atoms with E-state index in [1.807, 2.05) is 67.5 Å². The minimum absolute atomic E-state index is 0.477. The quantitative estimate of drug-likeness (QED) is 0.740. The molecule has 0 bridgehead atoms. The van der Waals surface area contributed by atoms with Gasteiger partial charge in [-0.2, -0.15) is 0 Å². The maximum Gasteiger partial charge on any atom is 0.420 e. The van der Waals surface area contributed by atoms with Crippen molar-refractivity contribution >= 4 is 11.9 Å². The van der Waals surface area contributed by atoms with Gasteiger partial charge in [0.15, 0.2) is 0 Å². The Morgan fingerprint density at radius 1 is 1.29 bits per heavy atom. The van der Waals surface area contributed by atoms with Crippen LogP contribution < -0.4 is 4.90 Å². The van der Waals surface area contributed by atoms with Crippen LogP contribution in [0.15, 0.2) is 31.1 Å². The molecule has 0 fully saturated rings. The maximum absolute atomic E-state index is 11.9. The van der Waals surface area contributed by atoms with Gasteiger partial charge in [0.25, 0.3) is 0 Å². The SMILES string of the molecule is C=CN(C(=O)OC(C)(C)C)c1ncccc1C.CC.CC. The second kappa shape index (κ2) is 10.9. The molecule has 0 saturated carbocycles. The number of aromatic nitrogens is 1. The van der Waals surface area contributed by atoms with Crippen molar-refractivity contribution in [2.45, 2.75) is 61.0 Å². The van der Waals surface area contributed by atoms with Crippen molar-refractivity contribution < 1.29 is 9.53 Å². The van der Waals surface area contributed by atoms with E-state index in [1.54, 1.807) is 6.20 Å². The molecular weight excluding hydrogens is 264 g/mol. The fourth-order valence-electron chi connectivity index (χ4n) is 1.29. The van der Waals surface area contributed by atoms with Gasteiger partial charge in [-0.15, -0.1) is 0 Å². The molecule has 0 aromatic carbocycles. The highest BCUT2D eigenvalue weighted by atomic mass is 16.6. The predicted molar refractivity (Wildman–Crippen MR) is 90.6 cm³/mol. The van der Waals surface area contributed by atoms with Crippen molar-refractivity contribution in [3.05, 3.63) is 36.7 Å². The first-order chi connectivity index (χ1) is 9.85. The molecular formula is C17H30N2O2. The van der Waals surface area contributed by atoms with Crippen molar-refractivity contribution in [2.75, 3.05) is 4.90 Å². The van der Waals surface area contributed by atoms with Gasteiger partial charge in [-0.25, -0.2) is 14.7 Å². The summed E-state index contributed by atoms with van der Waals surface area (Å²) in [5.41, 5.74) is 0.347. The summed E-state index contributed by atoms with van der Waals surface area (Å²) in [6.45, 7) is 18.9. The van der Waals surface area contributed by atoms with Crippen LogP contribution in [-0.2, 0) is 4.74 Å². The number of nitrogens with zero attached hydrogens (tertiary/aromatic N) is 2. The van der Waals surface area contributed by atoms with Crippen LogP contribution in [0.3, 0.4) is 0 Å². The normalized spacial score (nSPS) is 9.33. The van der Waals surface area contributed by atoms with Crippen LogP contribution in [0.4, 0.5) is 10.6 Å². The van der Waals surface area contributed by atoms with Crippen LogP contribution in [0, 0.1) is 6.92 Å². The summed E-state index contributed by atoms with van der Waals surface area (Å²) in [7, 11) is 0. The zero-order valence-electron chi connectivity index (χ0n) is 14.7. The monoisotopic (exact) mass is 294 g/mol. The van der Waals surface area contributed by atoms with Crippen LogP contribution >= 0.6 is 0 Å². The Bertz CT molecular complexity index is 423. The summed E-state index contributed by atoms with van der Waals surface area (Å²) in [6.07, 6.45) is 2.56. The topological polar surface area (TPSA) is 42.4 Å². The molecule has 0 aliphatic heterocycles. The Kier molecular flexibility index (Phi) is 11.1. The number of ether oxygens (including phenoxy) is 1. The number of aryl methyl sites for hydroxylation is 1. The molecule has 4 nitrogen and oxygen atoms in total. The van der Waals surface area contributed by atoms with Gasteiger partial charge in [-0.3, -0.25) is 0 Å². The first kappa shape index (κ1) is 21.5. The van der Waals surface area contributed by atoms with Crippen molar-refractivity contribution in [3.8, 4) is 0 Å². The molecule has 1 amide bonds. The predicted octanol–water partition coefficient (Wildman–Crippen LogP) is 5.33. The van der Waals surface area contributed by atoms with Crippen LogP contribution in [0.25, 0.3) is 0 Å². The molecule has 1 aromatic rings. The fraction of sp³-hybridized carbons (Fsp3) is 0.529. The summed E-state index contributed by atoms with van der Waals surface area (Å²) in [5, 5.41) is 0. The second-order valence-corrected chi connectivity index (χ2v) is 4.68. The number of amides is 1. The highest BCUT2D eigenvalue weighted by Gasteiger charge is 2.23. The summed E-state index contributed by atoms with van der Waals surface area (Å²) in [4.78, 5) is 17.4. The van der Waals surface area contributed by atoms with Crippen molar-refractivity contribution in [1.82, 2.24) is 4.98 Å². The Balaban J connectivity index is 0. The molecule has 21 heavy (non-hydrogen) atoms. The molecule has 0 unspecified atom stereocenters. The Morgan fingerprint density at radius 3 is 2.19 bits per heavy atom. The highest BCUT2D eigenvalue weighted by molar-refractivity contribution is 5.89. The number of carbonyl (C=O) groups is 1. The number of anilines is 1. The molecule has 120 valence electrons. The molecule has 0 atom stereocenters. The van der Waals surface area contributed by atoms with Gasteiger partial charge in [0.2, 0.25) is 0 Å². The third kappa shape index (κ3) is 8.12. The number of hydrogen-bond acceptors (Lipinski definition) is 3. The van der Waals surface area contributed by atoms with E-state index >= 15 is 0 Å². The van der Waals surface area contributed by atoms with E-state index < -0.39 is 11.7 Å². The third-order valence-corrected chi connectivity index (χ3v) is 1.98. The van der Waals surface area contributed by atoms with Gasteiger partial charge in [0, 0.05) is 12.4 Å². The largest absolute Gasteiger partial charge is 0.443 e. The van der Waals surface area contributed by atoms with Gasteiger partial charge in [-0.05, 0) is 39.3 Å². The maximum atomic E-state index is 11.9. The average Bonchev–Trinajstić information content (AvgIpc) is 2.44. The van der Waals surface area contributed by atoms with E-state index in [4.69, 9.17) is 4.74 Å². The molecule has 1 heterocycles. The summed E-state index contributed by atoms with van der Waals surface area (Å²) in [6, 6.07) is 3.69. The molecule has 0 spiro atoms. The molecule has 4 heteroatoms. The van der Waals surface area contributed by atoms with E-state index in [9.17, 15) is 4.79 Å². The number of carbonyl (C=O) groups excluding carboxylic acids is 1. The van der Waals surface area contributed by atoms with Crippen LogP contribution in [-0.4, -0.2) is 16.7 Å². The molecule has 0 saturated heterocycles. The van der Waals surface area contributed by atoms with Gasteiger partial charge in [0.05, 0.1) is 0 Å². The lowest BCUT2D eigenvalue weighted by atomic mass is 10.2. The van der Waals surface area contributed by atoms with Crippen molar-refractivity contribution in [1.29, 1.82) is 0 Å². The minimum atomic E-state index is -0.541. The van der Waals surface area contributed by atoms with E-state index in [2.05, 4.69) is 11.6 Å². The first-order valence-electron chi connectivity index (χ1n) is 7.41. The van der Waals surface area contributed by atoms with E-state index in [0.717, 1.165) is 5.56 Å². The third-order valence-electron chi connectivity index (χ3n) is 1.98. The van der Waals surface area contributed by atoms with Gasteiger partial charge in [0.1, 0.15) is 11.4 Å².